The fraction of sp³-hybridized carbons (Fsp3) is 0.250. The maximum Gasteiger partial charge on any atom is 0.238 e. The first-order chi connectivity index (χ1) is 16.0. The summed E-state index contributed by atoms with van der Waals surface area (Å²) in [6.07, 6.45) is 3.63. The van der Waals surface area contributed by atoms with E-state index in [1.165, 1.54) is 11.6 Å². The molecule has 0 atom stereocenters. The maximum absolute atomic E-state index is 13.5. The highest BCUT2D eigenvalue weighted by molar-refractivity contribution is 5.92. The first-order valence-electron chi connectivity index (χ1n) is 11.3. The van der Waals surface area contributed by atoms with E-state index in [0.29, 0.717) is 11.3 Å². The van der Waals surface area contributed by atoms with Gasteiger partial charge in [0.2, 0.25) is 5.91 Å². The molecule has 0 aromatic heterocycles. The van der Waals surface area contributed by atoms with Crippen LogP contribution < -0.4 is 16.0 Å². The Kier molecular flexibility index (Phi) is 7.02. The van der Waals surface area contributed by atoms with Crippen LogP contribution in [0.3, 0.4) is 0 Å². The van der Waals surface area contributed by atoms with Gasteiger partial charge in [0.15, 0.2) is 0 Å². The van der Waals surface area contributed by atoms with Gasteiger partial charge in [-0.05, 0) is 84.9 Å². The van der Waals surface area contributed by atoms with Crippen LogP contribution >= 0.6 is 0 Å². The molecule has 0 unspecified atom stereocenters. The van der Waals surface area contributed by atoms with E-state index in [9.17, 15) is 9.18 Å². The molecule has 3 aromatic rings. The predicted octanol–water partition coefficient (Wildman–Crippen LogP) is 5.25. The van der Waals surface area contributed by atoms with Gasteiger partial charge in [0.25, 0.3) is 0 Å². The first kappa shape index (κ1) is 22.9. The summed E-state index contributed by atoms with van der Waals surface area (Å²) in [4.78, 5) is 12.6. The molecule has 0 aliphatic carbocycles. The third-order valence-electron chi connectivity index (χ3n) is 6.38. The minimum atomic E-state index is -0.278. The summed E-state index contributed by atoms with van der Waals surface area (Å²) in [6.45, 7) is 7.49. The topological polar surface area (TPSA) is 53.2 Å². The van der Waals surface area contributed by atoms with Crippen molar-refractivity contribution < 1.29 is 9.18 Å². The molecule has 0 radical (unpaired) electrons. The molecule has 1 saturated heterocycles. The Morgan fingerprint density at radius 3 is 2.52 bits per heavy atom. The predicted molar refractivity (Wildman–Crippen MR) is 134 cm³/mol. The Labute approximate surface area is 194 Å². The molecule has 33 heavy (non-hydrogen) atoms. The molecule has 1 fully saturated rings. The number of amides is 1. The average molecular weight is 444 g/mol. The van der Waals surface area contributed by atoms with Crippen molar-refractivity contribution in [1.29, 1.82) is 0 Å². The van der Waals surface area contributed by atoms with Gasteiger partial charge in [-0.2, -0.15) is 0 Å². The SMILES string of the molecule is C=Cc1cccc(-c2ccc(C3(NCC(=O)Nc4ccc(F)c(C)c4)CCNCC3)cc2)c1. The van der Waals surface area contributed by atoms with Crippen molar-refractivity contribution in [3.8, 4) is 11.1 Å². The van der Waals surface area contributed by atoms with Crippen molar-refractivity contribution in [2.75, 3.05) is 25.0 Å². The zero-order valence-corrected chi connectivity index (χ0v) is 19.0. The van der Waals surface area contributed by atoms with E-state index in [0.717, 1.165) is 42.6 Å². The molecule has 4 nitrogen and oxygen atoms in total. The average Bonchev–Trinajstić information content (AvgIpc) is 2.86. The lowest BCUT2D eigenvalue weighted by Gasteiger charge is -2.39. The second-order valence-corrected chi connectivity index (χ2v) is 8.60. The number of benzene rings is 3. The Bertz CT molecular complexity index is 1130. The van der Waals surface area contributed by atoms with E-state index in [-0.39, 0.29) is 23.8 Å². The molecule has 0 spiro atoms. The minimum absolute atomic E-state index is 0.142. The van der Waals surface area contributed by atoms with Gasteiger partial charge in [-0.1, -0.05) is 55.1 Å². The maximum atomic E-state index is 13.5. The standard InChI is InChI=1S/C28H30FN3O/c1-3-21-5-4-6-23(18-21)22-7-9-24(10-8-22)28(13-15-30-16-14-28)31-19-27(33)32-25-11-12-26(29)20(2)17-25/h3-12,17-18,30-31H,1,13-16,19H2,2H3,(H,32,33). The summed E-state index contributed by atoms with van der Waals surface area (Å²) < 4.78 is 13.5. The van der Waals surface area contributed by atoms with Crippen molar-refractivity contribution >= 4 is 17.7 Å². The Morgan fingerprint density at radius 1 is 1.06 bits per heavy atom. The number of hydrogen-bond acceptors (Lipinski definition) is 3. The van der Waals surface area contributed by atoms with Gasteiger partial charge in [-0.3, -0.25) is 10.1 Å². The highest BCUT2D eigenvalue weighted by Gasteiger charge is 2.33. The number of nitrogens with one attached hydrogen (secondary N) is 3. The van der Waals surface area contributed by atoms with Gasteiger partial charge in [0.1, 0.15) is 5.82 Å². The summed E-state index contributed by atoms with van der Waals surface area (Å²) in [5.41, 5.74) is 5.41. The van der Waals surface area contributed by atoms with E-state index in [2.05, 4.69) is 58.9 Å². The minimum Gasteiger partial charge on any atom is -0.325 e. The fourth-order valence-electron chi connectivity index (χ4n) is 4.43. The Morgan fingerprint density at radius 2 is 1.82 bits per heavy atom. The molecule has 3 N–H and O–H groups in total. The second-order valence-electron chi connectivity index (χ2n) is 8.60. The van der Waals surface area contributed by atoms with E-state index in [1.54, 1.807) is 19.1 Å². The van der Waals surface area contributed by atoms with Crippen LogP contribution in [0.5, 0.6) is 0 Å². The van der Waals surface area contributed by atoms with Crippen molar-refractivity contribution in [3.63, 3.8) is 0 Å². The van der Waals surface area contributed by atoms with Crippen LogP contribution in [-0.4, -0.2) is 25.5 Å². The largest absolute Gasteiger partial charge is 0.325 e. The number of hydrogen-bond donors (Lipinski definition) is 3. The molecule has 1 heterocycles. The van der Waals surface area contributed by atoms with Gasteiger partial charge in [0.05, 0.1) is 6.54 Å². The van der Waals surface area contributed by atoms with Crippen LogP contribution in [0.1, 0.15) is 29.5 Å². The number of anilines is 1. The number of aryl methyl sites for hydroxylation is 1. The third-order valence-corrected chi connectivity index (χ3v) is 6.38. The Balaban J connectivity index is 1.49. The number of halogens is 1. The third kappa shape index (κ3) is 5.38. The molecule has 5 heteroatoms. The zero-order valence-electron chi connectivity index (χ0n) is 19.0. The van der Waals surface area contributed by atoms with Crippen molar-refractivity contribution in [2.24, 2.45) is 0 Å². The zero-order chi connectivity index (χ0) is 23.3. The molecule has 1 aliphatic rings. The number of carbonyl (C=O) groups excluding carboxylic acids is 1. The molecule has 4 rings (SSSR count). The molecule has 3 aromatic carbocycles. The van der Waals surface area contributed by atoms with Crippen LogP contribution in [0.2, 0.25) is 0 Å². The molecule has 0 saturated carbocycles. The number of piperidine rings is 1. The molecule has 1 aliphatic heterocycles. The van der Waals surface area contributed by atoms with E-state index in [4.69, 9.17) is 0 Å². The van der Waals surface area contributed by atoms with Crippen molar-refractivity contribution in [3.05, 3.63) is 95.8 Å². The fourth-order valence-corrected chi connectivity index (χ4v) is 4.43. The normalized spacial score (nSPS) is 15.1. The highest BCUT2D eigenvalue weighted by atomic mass is 19.1. The smallest absolute Gasteiger partial charge is 0.238 e. The molecule has 0 bridgehead atoms. The monoisotopic (exact) mass is 443 g/mol. The first-order valence-corrected chi connectivity index (χ1v) is 11.3. The Hall–Kier alpha value is -3.28. The van der Waals surface area contributed by atoms with Gasteiger partial charge in [-0.15, -0.1) is 0 Å². The van der Waals surface area contributed by atoms with Crippen molar-refractivity contribution in [2.45, 2.75) is 25.3 Å². The summed E-state index contributed by atoms with van der Waals surface area (Å²) in [5.74, 6) is -0.420. The van der Waals surface area contributed by atoms with Crippen LogP contribution in [0.4, 0.5) is 10.1 Å². The van der Waals surface area contributed by atoms with Gasteiger partial charge >= 0.3 is 0 Å². The summed E-state index contributed by atoms with van der Waals surface area (Å²) in [6, 6.07) is 21.5. The van der Waals surface area contributed by atoms with Crippen LogP contribution in [0, 0.1) is 12.7 Å². The lowest BCUT2D eigenvalue weighted by Crippen LogP contribution is -2.51. The molecule has 170 valence electrons. The number of carbonyl (C=O) groups is 1. The summed E-state index contributed by atoms with van der Waals surface area (Å²) in [7, 11) is 0. The lowest BCUT2D eigenvalue weighted by atomic mass is 9.81. The molecular formula is C28H30FN3O. The summed E-state index contributed by atoms with van der Waals surface area (Å²) >= 11 is 0. The van der Waals surface area contributed by atoms with E-state index < -0.39 is 0 Å². The van der Waals surface area contributed by atoms with Crippen LogP contribution in [0.15, 0.2) is 73.3 Å². The highest BCUT2D eigenvalue weighted by Crippen LogP contribution is 2.32. The molecular weight excluding hydrogens is 413 g/mol. The van der Waals surface area contributed by atoms with E-state index in [1.807, 2.05) is 18.2 Å². The van der Waals surface area contributed by atoms with Gasteiger partial charge in [0, 0.05) is 11.2 Å². The second kappa shape index (κ2) is 10.1. The number of rotatable bonds is 7. The van der Waals surface area contributed by atoms with Gasteiger partial charge in [-0.25, -0.2) is 4.39 Å². The van der Waals surface area contributed by atoms with Crippen LogP contribution in [0.25, 0.3) is 17.2 Å². The van der Waals surface area contributed by atoms with Crippen molar-refractivity contribution in [1.82, 2.24) is 10.6 Å². The van der Waals surface area contributed by atoms with Crippen LogP contribution in [-0.2, 0) is 10.3 Å². The quantitative estimate of drug-likeness (QED) is 0.467. The summed E-state index contributed by atoms with van der Waals surface area (Å²) in [5, 5.41) is 9.82. The van der Waals surface area contributed by atoms with E-state index >= 15 is 0 Å². The molecule has 1 amide bonds. The van der Waals surface area contributed by atoms with Gasteiger partial charge < -0.3 is 10.6 Å². The lowest BCUT2D eigenvalue weighted by molar-refractivity contribution is -0.115.